The molecule has 1 aliphatic rings. The predicted molar refractivity (Wildman–Crippen MR) is 79.4 cm³/mol. The zero-order valence-electron chi connectivity index (χ0n) is 12.7. The topological polar surface area (TPSA) is 60.2 Å². The van der Waals surface area contributed by atoms with Crippen molar-refractivity contribution in [3.8, 4) is 0 Å². The Labute approximate surface area is 124 Å². The number of nitrogens with one attached hydrogen (secondary N) is 1. The molecule has 1 aromatic carbocycles. The Hall–Kier alpha value is -1.72. The average Bonchev–Trinajstić information content (AvgIpc) is 3.05. The molecule has 21 heavy (non-hydrogen) atoms. The lowest BCUT2D eigenvalue weighted by Gasteiger charge is -2.11. The van der Waals surface area contributed by atoms with Crippen LogP contribution in [0.4, 0.5) is 0 Å². The first-order chi connectivity index (χ1) is 10.2. The molecule has 1 N–H and O–H groups in total. The van der Waals surface area contributed by atoms with Gasteiger partial charge in [-0.1, -0.05) is 34.5 Å². The van der Waals surface area contributed by atoms with E-state index in [4.69, 9.17) is 9.26 Å². The zero-order valence-corrected chi connectivity index (χ0v) is 12.7. The molecule has 2 unspecified atom stereocenters. The van der Waals surface area contributed by atoms with Gasteiger partial charge >= 0.3 is 0 Å². The van der Waals surface area contributed by atoms with Gasteiger partial charge in [0.05, 0.1) is 19.1 Å². The summed E-state index contributed by atoms with van der Waals surface area (Å²) in [5.74, 6) is 1.55. The number of likely N-dealkylation sites (N-methyl/N-ethyl adjacent to an activating group) is 1. The van der Waals surface area contributed by atoms with Crippen LogP contribution in [-0.2, 0) is 11.2 Å². The minimum atomic E-state index is 0.149. The fourth-order valence-electron chi connectivity index (χ4n) is 2.93. The molecule has 3 rings (SSSR count). The second-order valence-electron chi connectivity index (χ2n) is 5.76. The first-order valence-electron chi connectivity index (χ1n) is 7.30. The van der Waals surface area contributed by atoms with Crippen molar-refractivity contribution < 1.29 is 9.26 Å². The minimum absolute atomic E-state index is 0.149. The van der Waals surface area contributed by atoms with Crippen molar-refractivity contribution >= 4 is 0 Å². The van der Waals surface area contributed by atoms with Gasteiger partial charge in [0.2, 0.25) is 5.89 Å². The number of nitrogens with zero attached hydrogens (tertiary/aromatic N) is 2. The number of hydrogen-bond donors (Lipinski definition) is 1. The monoisotopic (exact) mass is 287 g/mol. The van der Waals surface area contributed by atoms with Crippen molar-refractivity contribution in [2.24, 2.45) is 0 Å². The summed E-state index contributed by atoms with van der Waals surface area (Å²) in [6.45, 7) is 5.53. The van der Waals surface area contributed by atoms with E-state index in [1.165, 1.54) is 16.7 Å². The van der Waals surface area contributed by atoms with Gasteiger partial charge in [-0.25, -0.2) is 0 Å². The van der Waals surface area contributed by atoms with Gasteiger partial charge in [-0.3, -0.25) is 0 Å². The smallest absolute Gasteiger partial charge is 0.233 e. The van der Waals surface area contributed by atoms with Crippen molar-refractivity contribution in [2.45, 2.75) is 32.2 Å². The van der Waals surface area contributed by atoms with Gasteiger partial charge in [-0.15, -0.1) is 0 Å². The van der Waals surface area contributed by atoms with Gasteiger partial charge in [0.25, 0.3) is 0 Å². The fourth-order valence-corrected chi connectivity index (χ4v) is 2.93. The molecule has 5 nitrogen and oxygen atoms in total. The maximum absolute atomic E-state index is 5.48. The largest absolute Gasteiger partial charge is 0.379 e. The molecule has 2 atom stereocenters. The molecule has 0 saturated carbocycles. The third kappa shape index (κ3) is 3.14. The van der Waals surface area contributed by atoms with E-state index in [9.17, 15) is 0 Å². The number of hydrogen-bond acceptors (Lipinski definition) is 5. The van der Waals surface area contributed by atoms with E-state index in [0.717, 1.165) is 5.82 Å². The van der Waals surface area contributed by atoms with E-state index < -0.39 is 0 Å². The first-order valence-corrected chi connectivity index (χ1v) is 7.30. The molecule has 112 valence electrons. The van der Waals surface area contributed by atoms with Crippen LogP contribution in [0.25, 0.3) is 0 Å². The summed E-state index contributed by atoms with van der Waals surface area (Å²) in [5, 5.41) is 7.35. The van der Waals surface area contributed by atoms with Gasteiger partial charge in [-0.05, 0) is 26.5 Å². The molecule has 0 amide bonds. The Morgan fingerprint density at radius 3 is 2.67 bits per heavy atom. The number of benzene rings is 1. The second kappa shape index (κ2) is 5.95. The number of ether oxygens (including phenoxy) is 1. The second-order valence-corrected chi connectivity index (χ2v) is 5.76. The molecule has 0 spiro atoms. The number of aromatic nitrogens is 2. The zero-order chi connectivity index (χ0) is 14.8. The summed E-state index contributed by atoms with van der Waals surface area (Å²) >= 11 is 0. The lowest BCUT2D eigenvalue weighted by molar-refractivity contribution is 0.185. The molecule has 2 heterocycles. The molecule has 1 saturated heterocycles. The van der Waals surface area contributed by atoms with Gasteiger partial charge in [0.1, 0.15) is 0 Å². The average molecular weight is 287 g/mol. The maximum Gasteiger partial charge on any atom is 0.233 e. The van der Waals surface area contributed by atoms with Crippen LogP contribution in [0.15, 0.2) is 22.7 Å². The SMILES string of the molecule is CNC1COCC1c1nc(Cc2cc(C)cc(C)c2)no1. The quantitative estimate of drug-likeness (QED) is 0.931. The van der Waals surface area contributed by atoms with Crippen LogP contribution in [0.3, 0.4) is 0 Å². The van der Waals surface area contributed by atoms with Crippen LogP contribution in [0.2, 0.25) is 0 Å². The fraction of sp³-hybridized carbons (Fsp3) is 0.500. The Balaban J connectivity index is 1.76. The molecule has 1 aliphatic heterocycles. The van der Waals surface area contributed by atoms with Gasteiger partial charge in [0, 0.05) is 12.5 Å². The lowest BCUT2D eigenvalue weighted by Crippen LogP contribution is -2.31. The summed E-state index contributed by atoms with van der Waals surface area (Å²) in [7, 11) is 1.93. The van der Waals surface area contributed by atoms with Gasteiger partial charge < -0.3 is 14.6 Å². The van der Waals surface area contributed by atoms with Crippen molar-refractivity contribution in [1.82, 2.24) is 15.5 Å². The molecule has 1 aromatic heterocycles. The summed E-state index contributed by atoms with van der Waals surface area (Å²) < 4.78 is 10.9. The molecule has 0 aliphatic carbocycles. The van der Waals surface area contributed by atoms with Crippen LogP contribution in [-0.4, -0.2) is 36.4 Å². The van der Waals surface area contributed by atoms with Gasteiger partial charge in [-0.2, -0.15) is 4.98 Å². The summed E-state index contributed by atoms with van der Waals surface area (Å²) in [6.07, 6.45) is 0.698. The molecular formula is C16H21N3O2. The van der Waals surface area contributed by atoms with Crippen LogP contribution < -0.4 is 5.32 Å². The van der Waals surface area contributed by atoms with Crippen molar-refractivity contribution in [3.63, 3.8) is 0 Å². The summed E-state index contributed by atoms with van der Waals surface area (Å²) in [6, 6.07) is 6.74. The highest BCUT2D eigenvalue weighted by atomic mass is 16.5. The van der Waals surface area contributed by atoms with Gasteiger partial charge in [0.15, 0.2) is 5.82 Å². The molecule has 2 aromatic rings. The Morgan fingerprint density at radius 2 is 1.95 bits per heavy atom. The van der Waals surface area contributed by atoms with E-state index in [2.05, 4.69) is 47.5 Å². The van der Waals surface area contributed by atoms with E-state index in [-0.39, 0.29) is 12.0 Å². The highest BCUT2D eigenvalue weighted by Gasteiger charge is 2.32. The molecule has 5 heteroatoms. The third-order valence-corrected chi connectivity index (χ3v) is 3.90. The third-order valence-electron chi connectivity index (χ3n) is 3.90. The highest BCUT2D eigenvalue weighted by Crippen LogP contribution is 2.24. The van der Waals surface area contributed by atoms with E-state index in [1.807, 2.05) is 7.05 Å². The van der Waals surface area contributed by atoms with E-state index in [0.29, 0.717) is 25.5 Å². The van der Waals surface area contributed by atoms with Crippen molar-refractivity contribution in [1.29, 1.82) is 0 Å². The first kappa shape index (κ1) is 14.2. The Bertz CT molecular complexity index is 603. The van der Waals surface area contributed by atoms with Crippen LogP contribution >= 0.6 is 0 Å². The molecule has 0 bridgehead atoms. The molecular weight excluding hydrogens is 266 g/mol. The van der Waals surface area contributed by atoms with Crippen LogP contribution in [0, 0.1) is 13.8 Å². The molecule has 1 fully saturated rings. The summed E-state index contributed by atoms with van der Waals surface area (Å²) in [4.78, 5) is 4.55. The highest BCUT2D eigenvalue weighted by molar-refractivity contribution is 5.30. The lowest BCUT2D eigenvalue weighted by atomic mass is 10.0. The summed E-state index contributed by atoms with van der Waals surface area (Å²) in [5.41, 5.74) is 3.73. The van der Waals surface area contributed by atoms with E-state index >= 15 is 0 Å². The standard InChI is InChI=1S/C16H21N3O2/c1-10-4-11(2)6-12(5-10)7-15-18-16(21-19-15)13-8-20-9-14(13)17-3/h4-6,13-14,17H,7-9H2,1-3H3. The van der Waals surface area contributed by atoms with Crippen LogP contribution in [0.5, 0.6) is 0 Å². The van der Waals surface area contributed by atoms with Crippen LogP contribution in [0.1, 0.15) is 34.3 Å². The number of rotatable bonds is 4. The molecule has 0 radical (unpaired) electrons. The Morgan fingerprint density at radius 1 is 1.19 bits per heavy atom. The van der Waals surface area contributed by atoms with E-state index in [1.54, 1.807) is 0 Å². The van der Waals surface area contributed by atoms with Crippen molar-refractivity contribution in [2.75, 3.05) is 20.3 Å². The Kier molecular flexibility index (Phi) is 4.03. The minimum Gasteiger partial charge on any atom is -0.379 e. The maximum atomic E-state index is 5.48. The van der Waals surface area contributed by atoms with Crippen molar-refractivity contribution in [3.05, 3.63) is 46.6 Å². The number of aryl methyl sites for hydroxylation is 2. The normalized spacial score (nSPS) is 21.9. The predicted octanol–water partition coefficient (Wildman–Crippen LogP) is 1.98.